The van der Waals surface area contributed by atoms with Gasteiger partial charge in [0.05, 0.1) is 5.41 Å². The molecule has 116 valence electrons. The highest BCUT2D eigenvalue weighted by molar-refractivity contribution is 5.92. The molecule has 0 spiro atoms. The van der Waals surface area contributed by atoms with Crippen LogP contribution in [0.1, 0.15) is 45.4 Å². The van der Waals surface area contributed by atoms with Gasteiger partial charge < -0.3 is 0 Å². The molecule has 0 aromatic rings. The predicted octanol–water partition coefficient (Wildman–Crippen LogP) is 4.03. The van der Waals surface area contributed by atoms with Gasteiger partial charge in [-0.2, -0.15) is 0 Å². The van der Waals surface area contributed by atoms with Gasteiger partial charge in [0.25, 0.3) is 0 Å². The van der Waals surface area contributed by atoms with Crippen molar-refractivity contribution in [2.45, 2.75) is 45.4 Å². The van der Waals surface area contributed by atoms with E-state index in [0.29, 0.717) is 36.4 Å². The highest BCUT2D eigenvalue weighted by Crippen LogP contribution is 2.63. The predicted molar refractivity (Wildman–Crippen MR) is 86.1 cm³/mol. The van der Waals surface area contributed by atoms with Crippen LogP contribution in [0.15, 0.2) is 36.5 Å². The lowest BCUT2D eigenvalue weighted by Gasteiger charge is -2.54. The minimum Gasteiger partial charge on any atom is -0.299 e. The molecule has 0 unspecified atom stereocenters. The second-order valence-corrected chi connectivity index (χ2v) is 7.88. The van der Waals surface area contributed by atoms with E-state index < -0.39 is 0 Å². The molecule has 0 radical (unpaired) electrons. The summed E-state index contributed by atoms with van der Waals surface area (Å²) < 4.78 is 0. The van der Waals surface area contributed by atoms with E-state index >= 15 is 0 Å². The van der Waals surface area contributed by atoms with E-state index in [1.54, 1.807) is 0 Å². The summed E-state index contributed by atoms with van der Waals surface area (Å²) in [7, 11) is 0. The molecule has 0 amide bonds. The van der Waals surface area contributed by atoms with Gasteiger partial charge in [0.1, 0.15) is 5.78 Å². The van der Waals surface area contributed by atoms with Gasteiger partial charge in [0.15, 0.2) is 5.78 Å². The van der Waals surface area contributed by atoms with E-state index in [2.05, 4.69) is 25.7 Å². The lowest BCUT2D eigenvalue weighted by Crippen LogP contribution is -2.49. The van der Waals surface area contributed by atoms with E-state index in [-0.39, 0.29) is 16.6 Å². The Bertz CT molecular complexity index is 626. The van der Waals surface area contributed by atoms with E-state index in [0.717, 1.165) is 25.7 Å². The number of allylic oxidation sites excluding steroid dienone is 5. The molecule has 0 bridgehead atoms. The molecule has 0 saturated heterocycles. The first-order chi connectivity index (χ1) is 10.5. The maximum atomic E-state index is 12.5. The fourth-order valence-electron chi connectivity index (χ4n) is 5.88. The third kappa shape index (κ3) is 1.61. The summed E-state index contributed by atoms with van der Waals surface area (Å²) in [6.07, 6.45) is 13.7. The number of hydrogen-bond acceptors (Lipinski definition) is 2. The second kappa shape index (κ2) is 4.53. The Morgan fingerprint density at radius 1 is 1.18 bits per heavy atom. The van der Waals surface area contributed by atoms with Gasteiger partial charge in [0, 0.05) is 12.8 Å². The molecule has 22 heavy (non-hydrogen) atoms. The van der Waals surface area contributed by atoms with Gasteiger partial charge in [-0.1, -0.05) is 25.2 Å². The average Bonchev–Trinajstić information content (AvgIpc) is 2.86. The van der Waals surface area contributed by atoms with Gasteiger partial charge in [-0.3, -0.25) is 9.59 Å². The molecule has 0 N–H and O–H groups in total. The normalized spacial score (nSPS) is 46.6. The van der Waals surface area contributed by atoms with E-state index in [9.17, 15) is 9.59 Å². The number of fused-ring (bicyclic) bond motifs is 5. The van der Waals surface area contributed by atoms with Crippen molar-refractivity contribution in [3.63, 3.8) is 0 Å². The Balaban J connectivity index is 1.78. The Morgan fingerprint density at radius 3 is 2.77 bits per heavy atom. The van der Waals surface area contributed by atoms with Crippen molar-refractivity contribution in [1.82, 2.24) is 0 Å². The SMILES string of the molecule is C=C[C@]12CC[C@H]3[C@@H](C=CC4=CC(=O)CC[C@@]43C)[C@@H]1CCC2=O. The van der Waals surface area contributed by atoms with Crippen molar-refractivity contribution < 1.29 is 9.59 Å². The van der Waals surface area contributed by atoms with Gasteiger partial charge in [-0.15, -0.1) is 6.58 Å². The van der Waals surface area contributed by atoms with Crippen LogP contribution in [0.5, 0.6) is 0 Å². The largest absolute Gasteiger partial charge is 0.299 e. The second-order valence-electron chi connectivity index (χ2n) is 7.88. The Labute approximate surface area is 132 Å². The molecular weight excluding hydrogens is 272 g/mol. The topological polar surface area (TPSA) is 34.1 Å². The lowest BCUT2D eigenvalue weighted by atomic mass is 9.49. The summed E-state index contributed by atoms with van der Waals surface area (Å²) in [5.74, 6) is 2.13. The molecule has 4 aliphatic rings. The number of ketones is 2. The third-order valence-corrected chi connectivity index (χ3v) is 7.21. The molecule has 2 heteroatoms. The molecule has 2 saturated carbocycles. The van der Waals surface area contributed by atoms with Crippen molar-refractivity contribution in [2.75, 3.05) is 0 Å². The first kappa shape index (κ1) is 14.2. The van der Waals surface area contributed by atoms with Crippen molar-refractivity contribution >= 4 is 11.6 Å². The molecule has 0 heterocycles. The van der Waals surface area contributed by atoms with Crippen molar-refractivity contribution in [2.24, 2.45) is 28.6 Å². The van der Waals surface area contributed by atoms with Crippen LogP contribution in [0, 0.1) is 28.6 Å². The summed E-state index contributed by atoms with van der Waals surface area (Å²) in [5.41, 5.74) is 1.07. The zero-order valence-corrected chi connectivity index (χ0v) is 13.3. The Kier molecular flexibility index (Phi) is 2.92. The van der Waals surface area contributed by atoms with Crippen molar-refractivity contribution in [3.05, 3.63) is 36.5 Å². The van der Waals surface area contributed by atoms with Crippen LogP contribution in [0.4, 0.5) is 0 Å². The zero-order chi connectivity index (χ0) is 15.5. The third-order valence-electron chi connectivity index (χ3n) is 7.21. The van der Waals surface area contributed by atoms with Gasteiger partial charge >= 0.3 is 0 Å². The van der Waals surface area contributed by atoms with Gasteiger partial charge in [0.2, 0.25) is 0 Å². The molecule has 4 rings (SSSR count). The summed E-state index contributed by atoms with van der Waals surface area (Å²) in [5, 5.41) is 0. The molecule has 0 aromatic carbocycles. The molecule has 0 aromatic heterocycles. The maximum Gasteiger partial charge on any atom is 0.156 e. The first-order valence-electron chi connectivity index (χ1n) is 8.61. The van der Waals surface area contributed by atoms with Crippen LogP contribution in [0.3, 0.4) is 0 Å². The summed E-state index contributed by atoms with van der Waals surface area (Å²) in [6.45, 7) is 6.35. The Hall–Kier alpha value is -1.44. The van der Waals surface area contributed by atoms with Gasteiger partial charge in [-0.25, -0.2) is 0 Å². The van der Waals surface area contributed by atoms with Crippen LogP contribution in [-0.2, 0) is 9.59 Å². The monoisotopic (exact) mass is 296 g/mol. The summed E-state index contributed by atoms with van der Waals surface area (Å²) >= 11 is 0. The van der Waals surface area contributed by atoms with E-state index in [1.165, 1.54) is 5.57 Å². The van der Waals surface area contributed by atoms with Crippen LogP contribution >= 0.6 is 0 Å². The maximum absolute atomic E-state index is 12.5. The van der Waals surface area contributed by atoms with Crippen molar-refractivity contribution in [1.29, 1.82) is 0 Å². The number of carbonyl (C=O) groups excluding carboxylic acids is 2. The Morgan fingerprint density at radius 2 is 2.00 bits per heavy atom. The smallest absolute Gasteiger partial charge is 0.156 e. The van der Waals surface area contributed by atoms with Crippen LogP contribution < -0.4 is 0 Å². The first-order valence-corrected chi connectivity index (χ1v) is 8.61. The molecule has 4 aliphatic carbocycles. The lowest BCUT2D eigenvalue weighted by molar-refractivity contribution is -0.128. The number of rotatable bonds is 1. The van der Waals surface area contributed by atoms with Crippen LogP contribution in [0.25, 0.3) is 0 Å². The van der Waals surface area contributed by atoms with Gasteiger partial charge in [-0.05, 0) is 60.5 Å². The highest BCUT2D eigenvalue weighted by Gasteiger charge is 2.58. The minimum atomic E-state index is -0.270. The molecular formula is C20H24O2. The number of hydrogen-bond donors (Lipinski definition) is 0. The summed E-state index contributed by atoms with van der Waals surface area (Å²) in [6, 6.07) is 0. The van der Waals surface area contributed by atoms with Crippen LogP contribution in [-0.4, -0.2) is 11.6 Å². The standard InChI is InChI=1S/C20H24O2/c1-3-20-11-9-16-15(17(20)6-7-18(20)22)5-4-13-12-14(21)8-10-19(13,16)2/h3-5,12,15-17H,1,6-11H2,2H3/t15-,16+,17+,19+,20+/m1/s1. The van der Waals surface area contributed by atoms with Crippen LogP contribution in [0.2, 0.25) is 0 Å². The summed E-state index contributed by atoms with van der Waals surface area (Å²) in [4.78, 5) is 24.3. The van der Waals surface area contributed by atoms with Crippen molar-refractivity contribution in [3.8, 4) is 0 Å². The fourth-order valence-corrected chi connectivity index (χ4v) is 5.88. The molecule has 2 fully saturated rings. The number of Topliss-reactive ketones (excluding diaryl/α,β-unsaturated/α-hetero) is 1. The highest BCUT2D eigenvalue weighted by atomic mass is 16.1. The number of carbonyl (C=O) groups is 2. The zero-order valence-electron chi connectivity index (χ0n) is 13.3. The minimum absolute atomic E-state index is 0.117. The quantitative estimate of drug-likeness (QED) is 0.685. The van der Waals surface area contributed by atoms with E-state index in [1.807, 2.05) is 12.2 Å². The molecule has 5 atom stereocenters. The molecule has 0 aliphatic heterocycles. The fraction of sp³-hybridized carbons (Fsp3) is 0.600. The molecule has 2 nitrogen and oxygen atoms in total. The average molecular weight is 296 g/mol. The van der Waals surface area contributed by atoms with E-state index in [4.69, 9.17) is 0 Å².